The molecule has 0 aromatic carbocycles. The molecule has 0 aromatic rings. The second-order valence-electron chi connectivity index (χ2n) is 13.6. The van der Waals surface area contributed by atoms with Gasteiger partial charge < -0.3 is 28.4 Å². The molecule has 4 aliphatic rings. The summed E-state index contributed by atoms with van der Waals surface area (Å²) in [6.45, 7) is 17.8. The number of hydrazone groups is 2. The smallest absolute Gasteiger partial charge is 0.431 e. The van der Waals surface area contributed by atoms with Crippen LogP contribution in [-0.4, -0.2) is 94.3 Å². The number of hydrogen-bond acceptors (Lipinski definition) is 12. The Morgan fingerprint density at radius 2 is 1.07 bits per heavy atom. The van der Waals surface area contributed by atoms with Crippen LogP contribution in [0.25, 0.3) is 0 Å². The normalized spacial score (nSPS) is 24.5. The van der Waals surface area contributed by atoms with E-state index in [1.807, 2.05) is 13.8 Å². The molecule has 0 bridgehead atoms. The highest BCUT2D eigenvalue weighted by Crippen LogP contribution is 2.46. The number of hydrogen-bond donors (Lipinski definition) is 0. The molecule has 2 amide bonds. The predicted molar refractivity (Wildman–Crippen MR) is 161 cm³/mol. The van der Waals surface area contributed by atoms with Crippen LogP contribution in [0.1, 0.15) is 82.1 Å². The first-order valence-corrected chi connectivity index (χ1v) is 15.2. The summed E-state index contributed by atoms with van der Waals surface area (Å²) >= 11 is 0. The van der Waals surface area contributed by atoms with Crippen LogP contribution in [-0.2, 0) is 38.0 Å². The molecule has 45 heavy (non-hydrogen) atoms. The van der Waals surface area contributed by atoms with Gasteiger partial charge in [-0.25, -0.2) is 19.2 Å². The topological polar surface area (TPSA) is 155 Å². The zero-order valence-corrected chi connectivity index (χ0v) is 27.7. The Hall–Kier alpha value is -4.10. The van der Waals surface area contributed by atoms with E-state index in [4.69, 9.17) is 28.4 Å². The number of esters is 2. The number of amides is 2. The molecule has 4 rings (SSSR count). The molecule has 0 radical (unpaired) electrons. The van der Waals surface area contributed by atoms with E-state index in [-0.39, 0.29) is 37.5 Å². The first-order valence-electron chi connectivity index (χ1n) is 15.2. The fourth-order valence-corrected chi connectivity index (χ4v) is 5.16. The first-order chi connectivity index (χ1) is 20.8. The quantitative estimate of drug-likeness (QED) is 0.303. The Labute approximate surface area is 263 Å². The fourth-order valence-electron chi connectivity index (χ4n) is 5.16. The third-order valence-corrected chi connectivity index (χ3v) is 7.19. The van der Waals surface area contributed by atoms with E-state index in [0.29, 0.717) is 11.5 Å². The minimum absolute atomic E-state index is 0.0374. The summed E-state index contributed by atoms with van der Waals surface area (Å²) in [5.74, 6) is -0.365. The lowest BCUT2D eigenvalue weighted by Gasteiger charge is -2.34. The summed E-state index contributed by atoms with van der Waals surface area (Å²) in [4.78, 5) is 51.7. The average Bonchev–Trinajstić information content (AvgIpc) is 3.55. The largest absolute Gasteiger partial charge is 0.491 e. The molecule has 0 saturated heterocycles. The van der Waals surface area contributed by atoms with Gasteiger partial charge >= 0.3 is 24.1 Å². The number of ether oxygens (including phenoxy) is 6. The third kappa shape index (κ3) is 7.42. The SMILES string of the molecule is CCOC(=O)C1=NN(C(=O)OC(C)(C)C)C2C=C(C(C)(C)C3=CC4C(CC(C(=O)OCC)=NN4C(=O)OC(C)(C)C)O3)OC2C1. The molecule has 0 fully saturated rings. The predicted octanol–water partition coefficient (Wildman–Crippen LogP) is 4.44. The molecule has 0 saturated carbocycles. The van der Waals surface area contributed by atoms with Crippen LogP contribution in [0.15, 0.2) is 33.9 Å². The van der Waals surface area contributed by atoms with Gasteiger partial charge in [0.2, 0.25) is 0 Å². The van der Waals surface area contributed by atoms with E-state index in [2.05, 4.69) is 10.2 Å². The maximum Gasteiger partial charge on any atom is 0.431 e. The van der Waals surface area contributed by atoms with Gasteiger partial charge in [0.25, 0.3) is 0 Å². The standard InChI is InChI=1S/C31H44N4O10/c1-11-40-25(36)17-13-21-19(34(32-17)27(38)44-29(3,4)5)15-23(42-21)31(9,10)24-16-20-22(43-24)14-18(26(37)41-12-2)33-35(20)28(39)45-30(6,7)8/h15-16,19-22H,11-14H2,1-10H3. The van der Waals surface area contributed by atoms with Gasteiger partial charge in [-0.05, 0) is 81.4 Å². The number of nitrogens with zero attached hydrogens (tertiary/aromatic N) is 4. The molecule has 0 aromatic heterocycles. The highest BCUT2D eigenvalue weighted by Gasteiger charge is 2.51. The van der Waals surface area contributed by atoms with Gasteiger partial charge in [-0.2, -0.15) is 20.2 Å². The van der Waals surface area contributed by atoms with Crippen LogP contribution in [0.5, 0.6) is 0 Å². The molecule has 0 aliphatic carbocycles. The zero-order chi connectivity index (χ0) is 33.5. The van der Waals surface area contributed by atoms with Crippen molar-refractivity contribution in [3.05, 3.63) is 23.7 Å². The minimum atomic E-state index is -0.915. The Morgan fingerprint density at radius 1 is 0.711 bits per heavy atom. The molecule has 14 nitrogen and oxygen atoms in total. The summed E-state index contributed by atoms with van der Waals surface area (Å²) in [5, 5.41) is 10.9. The van der Waals surface area contributed by atoms with Crippen molar-refractivity contribution in [2.24, 2.45) is 15.6 Å². The molecule has 4 heterocycles. The number of carbonyl (C=O) groups is 4. The zero-order valence-electron chi connectivity index (χ0n) is 27.7. The monoisotopic (exact) mass is 632 g/mol. The van der Waals surface area contributed by atoms with Gasteiger partial charge in [-0.1, -0.05) is 0 Å². The van der Waals surface area contributed by atoms with Gasteiger partial charge in [-0.15, -0.1) is 0 Å². The second kappa shape index (κ2) is 12.4. The first kappa shape index (κ1) is 33.8. The van der Waals surface area contributed by atoms with Gasteiger partial charge in [0.15, 0.2) is 0 Å². The summed E-state index contributed by atoms with van der Waals surface area (Å²) in [5.41, 5.74) is -2.45. The van der Waals surface area contributed by atoms with Crippen molar-refractivity contribution in [1.82, 2.24) is 10.0 Å². The van der Waals surface area contributed by atoms with Crippen LogP contribution < -0.4 is 0 Å². The van der Waals surface area contributed by atoms with Gasteiger partial charge in [-0.3, -0.25) is 0 Å². The van der Waals surface area contributed by atoms with E-state index < -0.39 is 65.0 Å². The summed E-state index contributed by atoms with van der Waals surface area (Å²) in [7, 11) is 0. The highest BCUT2D eigenvalue weighted by molar-refractivity contribution is 6.37. The number of fused-ring (bicyclic) bond motifs is 2. The van der Waals surface area contributed by atoms with Crippen molar-refractivity contribution in [1.29, 1.82) is 0 Å². The Morgan fingerprint density at radius 3 is 1.38 bits per heavy atom. The Bertz CT molecular complexity index is 1250. The maximum atomic E-state index is 13.2. The van der Waals surface area contributed by atoms with Crippen molar-refractivity contribution in [2.75, 3.05) is 13.2 Å². The fraction of sp³-hybridized carbons (Fsp3) is 0.677. The van der Waals surface area contributed by atoms with E-state index in [0.717, 1.165) is 10.0 Å². The molecule has 0 spiro atoms. The molecule has 248 valence electrons. The lowest BCUT2D eigenvalue weighted by atomic mass is 9.87. The summed E-state index contributed by atoms with van der Waals surface area (Å²) < 4.78 is 34.2. The average molecular weight is 633 g/mol. The molecular weight excluding hydrogens is 588 g/mol. The summed E-state index contributed by atoms with van der Waals surface area (Å²) in [6.07, 6.45) is 0.959. The molecule has 4 aliphatic heterocycles. The molecule has 4 unspecified atom stereocenters. The molecule has 14 heteroatoms. The van der Waals surface area contributed by atoms with Crippen molar-refractivity contribution in [2.45, 2.75) is 118 Å². The van der Waals surface area contributed by atoms with Crippen molar-refractivity contribution in [3.8, 4) is 0 Å². The van der Waals surface area contributed by atoms with E-state index in [1.165, 1.54) is 0 Å². The molecular formula is C31H44N4O10. The maximum absolute atomic E-state index is 13.2. The second-order valence-corrected chi connectivity index (χ2v) is 13.6. The van der Waals surface area contributed by atoms with Gasteiger partial charge in [0, 0.05) is 12.8 Å². The van der Waals surface area contributed by atoms with Crippen LogP contribution in [0.2, 0.25) is 0 Å². The molecule has 4 atom stereocenters. The van der Waals surface area contributed by atoms with Gasteiger partial charge in [0.1, 0.15) is 58.4 Å². The summed E-state index contributed by atoms with van der Waals surface area (Å²) in [6, 6.07) is -1.35. The Kier molecular flexibility index (Phi) is 9.28. The lowest BCUT2D eigenvalue weighted by molar-refractivity contribution is -0.136. The third-order valence-electron chi connectivity index (χ3n) is 7.19. The molecule has 0 N–H and O–H groups in total. The van der Waals surface area contributed by atoms with Crippen LogP contribution >= 0.6 is 0 Å². The van der Waals surface area contributed by atoms with Crippen LogP contribution in [0.3, 0.4) is 0 Å². The minimum Gasteiger partial charge on any atom is -0.491 e. The van der Waals surface area contributed by atoms with E-state index in [1.54, 1.807) is 67.5 Å². The van der Waals surface area contributed by atoms with Crippen LogP contribution in [0, 0.1) is 5.41 Å². The number of rotatable bonds is 6. The Balaban J connectivity index is 1.63. The van der Waals surface area contributed by atoms with Gasteiger partial charge in [0.05, 0.1) is 18.6 Å². The highest BCUT2D eigenvalue weighted by atomic mass is 16.6. The number of carbonyl (C=O) groups excluding carboxylic acids is 4. The lowest BCUT2D eigenvalue weighted by Crippen LogP contribution is -2.49. The van der Waals surface area contributed by atoms with Crippen molar-refractivity contribution >= 4 is 35.5 Å². The van der Waals surface area contributed by atoms with E-state index in [9.17, 15) is 19.2 Å². The van der Waals surface area contributed by atoms with Crippen molar-refractivity contribution in [3.63, 3.8) is 0 Å². The van der Waals surface area contributed by atoms with Crippen molar-refractivity contribution < 1.29 is 47.6 Å². The van der Waals surface area contributed by atoms with E-state index >= 15 is 0 Å². The van der Waals surface area contributed by atoms with Crippen LogP contribution in [0.4, 0.5) is 9.59 Å².